The monoisotopic (exact) mass is 1050 g/mol. The molecule has 6 heteroatoms. The standard InChI is InChI=1S/C72H66BN3S2/c1-68(2,3)44-30-33-55-52(38-44)71(10)37-36-43-20-12-15-24-51(43)72(71,11)76(55)47-41-60-66-61(42-47)75(59-26-18-23-49-48-21-13-16-27-62(48)78-67(49)59)57-35-32-46(70(7,8)9)40-54(57)73(66)53-39-45(69(4,5)6)31-34-56(53)74(60)58-25-19-29-64-65(58)50-22-14-17-28-63(50)77-64/h12-35,38-42H,36-37H2,1-11H3. The van der Waals surface area contributed by atoms with E-state index >= 15 is 0 Å². The van der Waals surface area contributed by atoms with E-state index in [1.807, 2.05) is 22.7 Å². The molecule has 78 heavy (non-hydrogen) atoms. The van der Waals surface area contributed by atoms with Gasteiger partial charge in [-0.05, 0) is 146 Å². The van der Waals surface area contributed by atoms with Crippen LogP contribution in [0.2, 0.25) is 0 Å². The van der Waals surface area contributed by atoms with Crippen LogP contribution in [0.5, 0.6) is 0 Å². The summed E-state index contributed by atoms with van der Waals surface area (Å²) in [5, 5.41) is 5.22. The zero-order valence-electron chi connectivity index (χ0n) is 46.9. The number of rotatable bonds is 3. The molecule has 2 aromatic heterocycles. The van der Waals surface area contributed by atoms with E-state index in [9.17, 15) is 0 Å². The van der Waals surface area contributed by atoms with E-state index in [1.165, 1.54) is 136 Å². The molecular formula is C72H66BN3S2. The Balaban J connectivity index is 1.12. The van der Waals surface area contributed by atoms with Crippen LogP contribution in [0.1, 0.15) is 116 Å². The molecule has 5 heterocycles. The zero-order valence-corrected chi connectivity index (χ0v) is 48.5. The summed E-state index contributed by atoms with van der Waals surface area (Å²) in [6.45, 7) is 26.4. The summed E-state index contributed by atoms with van der Waals surface area (Å²) >= 11 is 3.83. The van der Waals surface area contributed by atoms with Gasteiger partial charge >= 0.3 is 0 Å². The van der Waals surface area contributed by atoms with E-state index < -0.39 is 5.54 Å². The Bertz CT molecular complexity index is 4370. The van der Waals surface area contributed by atoms with Crippen LogP contribution in [0.15, 0.2) is 176 Å². The predicted molar refractivity (Wildman–Crippen MR) is 340 cm³/mol. The lowest BCUT2D eigenvalue weighted by Gasteiger charge is -2.52. The fourth-order valence-corrected chi connectivity index (χ4v) is 16.9. The topological polar surface area (TPSA) is 9.72 Å². The van der Waals surface area contributed by atoms with Crippen LogP contribution >= 0.6 is 22.7 Å². The Morgan fingerprint density at radius 1 is 0.436 bits per heavy atom. The van der Waals surface area contributed by atoms with E-state index in [4.69, 9.17) is 0 Å². The van der Waals surface area contributed by atoms with Crippen LogP contribution in [0.3, 0.4) is 0 Å². The van der Waals surface area contributed by atoms with Crippen LogP contribution in [-0.4, -0.2) is 6.71 Å². The molecule has 1 aliphatic carbocycles. The maximum Gasteiger partial charge on any atom is 0.252 e. The van der Waals surface area contributed by atoms with Gasteiger partial charge in [-0.15, -0.1) is 22.7 Å². The van der Waals surface area contributed by atoms with Crippen molar-refractivity contribution in [1.82, 2.24) is 0 Å². The molecule has 0 saturated carbocycles. The van der Waals surface area contributed by atoms with E-state index in [-0.39, 0.29) is 28.4 Å². The third-order valence-corrected chi connectivity index (χ3v) is 21.3. The number of hydrogen-bond acceptors (Lipinski definition) is 5. The molecule has 2 atom stereocenters. The first-order valence-corrected chi connectivity index (χ1v) is 29.9. The van der Waals surface area contributed by atoms with Crippen molar-refractivity contribution in [2.45, 2.75) is 116 Å². The van der Waals surface area contributed by atoms with Gasteiger partial charge < -0.3 is 14.7 Å². The summed E-state index contributed by atoms with van der Waals surface area (Å²) in [5.41, 5.74) is 21.6. The summed E-state index contributed by atoms with van der Waals surface area (Å²) < 4.78 is 5.23. The van der Waals surface area contributed by atoms with Crippen molar-refractivity contribution in [3.8, 4) is 0 Å². The number of aryl methyl sites for hydroxylation is 1. The molecule has 0 N–H and O–H groups in total. The van der Waals surface area contributed by atoms with Gasteiger partial charge in [0.25, 0.3) is 6.71 Å². The lowest BCUT2D eigenvalue weighted by molar-refractivity contribution is 0.245. The van der Waals surface area contributed by atoms with Gasteiger partial charge in [0.15, 0.2) is 0 Å². The molecule has 9 aromatic carbocycles. The van der Waals surface area contributed by atoms with Gasteiger partial charge in [-0.1, -0.05) is 184 Å². The summed E-state index contributed by atoms with van der Waals surface area (Å²) in [7, 11) is 0. The first-order valence-electron chi connectivity index (χ1n) is 28.2. The predicted octanol–water partition coefficient (Wildman–Crippen LogP) is 18.7. The Labute approximate surface area is 468 Å². The fraction of sp³-hybridized carbons (Fsp3) is 0.250. The normalized spacial score (nSPS) is 18.6. The highest BCUT2D eigenvalue weighted by molar-refractivity contribution is 7.26. The quantitative estimate of drug-likeness (QED) is 0.163. The second-order valence-corrected chi connectivity index (χ2v) is 28.6. The number of fused-ring (bicyclic) bond motifs is 15. The van der Waals surface area contributed by atoms with Crippen molar-refractivity contribution >= 4 is 132 Å². The van der Waals surface area contributed by atoms with Crippen molar-refractivity contribution in [3.63, 3.8) is 0 Å². The number of thiophene rings is 2. The van der Waals surface area contributed by atoms with Gasteiger partial charge in [-0.3, -0.25) is 0 Å². The largest absolute Gasteiger partial charge is 0.330 e. The third kappa shape index (κ3) is 6.57. The van der Waals surface area contributed by atoms with Gasteiger partial charge in [0.2, 0.25) is 0 Å². The molecule has 2 unspecified atom stereocenters. The summed E-state index contributed by atoms with van der Waals surface area (Å²) in [5.74, 6) is 0. The third-order valence-electron chi connectivity index (χ3n) is 18.9. The van der Waals surface area contributed by atoms with Gasteiger partial charge in [-0.25, -0.2) is 0 Å². The lowest BCUT2D eigenvalue weighted by Crippen LogP contribution is -2.62. The minimum absolute atomic E-state index is 0.00521. The highest BCUT2D eigenvalue weighted by Gasteiger charge is 2.60. The molecule has 0 spiro atoms. The van der Waals surface area contributed by atoms with Crippen molar-refractivity contribution < 1.29 is 0 Å². The van der Waals surface area contributed by atoms with Crippen molar-refractivity contribution in [3.05, 3.63) is 209 Å². The Hall–Kier alpha value is -7.12. The number of anilines is 8. The van der Waals surface area contributed by atoms with Crippen LogP contribution in [0.25, 0.3) is 40.3 Å². The van der Waals surface area contributed by atoms with Crippen molar-refractivity contribution in [2.24, 2.45) is 0 Å². The molecule has 384 valence electrons. The number of nitrogens with zero attached hydrogens (tertiary/aromatic N) is 3. The minimum Gasteiger partial charge on any atom is -0.330 e. The number of benzene rings is 9. The summed E-state index contributed by atoms with van der Waals surface area (Å²) in [6.07, 6.45) is 2.11. The lowest BCUT2D eigenvalue weighted by atomic mass is 9.33. The first-order chi connectivity index (χ1) is 37.3. The molecular weight excluding hydrogens is 982 g/mol. The zero-order chi connectivity index (χ0) is 53.6. The highest BCUT2D eigenvalue weighted by atomic mass is 32.1. The van der Waals surface area contributed by atoms with E-state index in [2.05, 4.69) is 267 Å². The molecule has 4 aliphatic rings. The van der Waals surface area contributed by atoms with Crippen LogP contribution in [0.4, 0.5) is 45.5 Å². The average Bonchev–Trinajstić information content (AvgIpc) is 2.47. The molecule has 3 nitrogen and oxygen atoms in total. The van der Waals surface area contributed by atoms with Gasteiger partial charge in [0, 0.05) is 75.2 Å². The Morgan fingerprint density at radius 2 is 0.962 bits per heavy atom. The highest BCUT2D eigenvalue weighted by Crippen LogP contribution is 2.65. The van der Waals surface area contributed by atoms with Crippen LogP contribution in [-0.2, 0) is 33.6 Å². The smallest absolute Gasteiger partial charge is 0.252 e. The Morgan fingerprint density at radius 3 is 1.63 bits per heavy atom. The SMILES string of the molecule is CC(C)(C)c1ccc2c(c1)B1c3cc(C(C)(C)C)ccc3N(c3cccc4sc5ccccc5c34)c3cc(N4c5ccc(C(C)(C)C)cc5C5(C)CCc6ccccc6C45C)cc(c31)N2c1cccc2c1sc1ccccc12. The van der Waals surface area contributed by atoms with Gasteiger partial charge in [0.1, 0.15) is 0 Å². The molecule has 0 radical (unpaired) electrons. The van der Waals surface area contributed by atoms with E-state index in [0.717, 1.165) is 12.8 Å². The van der Waals surface area contributed by atoms with Gasteiger partial charge in [0.05, 0.1) is 21.6 Å². The first kappa shape index (κ1) is 48.0. The summed E-state index contributed by atoms with van der Waals surface area (Å²) in [6, 6.07) is 69.2. The van der Waals surface area contributed by atoms with Gasteiger partial charge in [-0.2, -0.15) is 0 Å². The van der Waals surface area contributed by atoms with E-state index in [0.29, 0.717) is 0 Å². The Kier molecular flexibility index (Phi) is 10.0. The second kappa shape index (κ2) is 16.2. The van der Waals surface area contributed by atoms with E-state index in [1.54, 1.807) is 0 Å². The van der Waals surface area contributed by atoms with Crippen molar-refractivity contribution in [1.29, 1.82) is 0 Å². The summed E-state index contributed by atoms with van der Waals surface area (Å²) in [4.78, 5) is 8.21. The van der Waals surface area contributed by atoms with Crippen LogP contribution in [0, 0.1) is 0 Å². The molecule has 0 bridgehead atoms. The molecule has 0 saturated heterocycles. The maximum atomic E-state index is 2.81. The molecule has 0 fully saturated rings. The minimum atomic E-state index is -0.422. The second-order valence-electron chi connectivity index (χ2n) is 26.4. The molecule has 11 aromatic rings. The maximum absolute atomic E-state index is 2.81. The molecule has 15 rings (SSSR count). The van der Waals surface area contributed by atoms with Crippen LogP contribution < -0.4 is 31.1 Å². The number of hydrogen-bond donors (Lipinski definition) is 0. The molecule has 3 aliphatic heterocycles. The average molecular weight is 1050 g/mol. The van der Waals surface area contributed by atoms with Crippen molar-refractivity contribution in [2.75, 3.05) is 14.7 Å². The fourth-order valence-electron chi connectivity index (χ4n) is 14.6. The molecule has 0 amide bonds.